The van der Waals surface area contributed by atoms with Gasteiger partial charge in [0.2, 0.25) is 0 Å². The molecule has 0 aliphatic carbocycles. The Balaban J connectivity index is 2.02. The highest BCUT2D eigenvalue weighted by Crippen LogP contribution is 2.27. The van der Waals surface area contributed by atoms with E-state index < -0.39 is 4.92 Å². The van der Waals surface area contributed by atoms with E-state index in [0.29, 0.717) is 16.4 Å². The zero-order valence-corrected chi connectivity index (χ0v) is 12.8. The molecule has 2 aromatic rings. The molecule has 0 radical (unpaired) electrons. The van der Waals surface area contributed by atoms with Crippen LogP contribution >= 0.6 is 11.3 Å². The fourth-order valence-electron chi connectivity index (χ4n) is 1.81. The van der Waals surface area contributed by atoms with Crippen LogP contribution in [-0.4, -0.2) is 25.1 Å². The van der Waals surface area contributed by atoms with E-state index in [-0.39, 0.29) is 17.5 Å². The summed E-state index contributed by atoms with van der Waals surface area (Å²) in [6, 6.07) is 8.06. The Morgan fingerprint density at radius 1 is 1.23 bits per heavy atom. The Kier molecular flexibility index (Phi) is 4.95. The molecule has 116 valence electrons. The molecular weight excluding hydrogens is 308 g/mol. The largest absolute Gasteiger partial charge is 0.493 e. The van der Waals surface area contributed by atoms with Gasteiger partial charge >= 0.3 is 5.00 Å². The van der Waals surface area contributed by atoms with Crippen LogP contribution in [0.1, 0.15) is 15.2 Å². The lowest BCUT2D eigenvalue weighted by Gasteiger charge is -2.10. The number of methoxy groups -OCH3 is 2. The second-order valence-corrected chi connectivity index (χ2v) is 5.33. The van der Waals surface area contributed by atoms with Gasteiger partial charge in [-0.25, -0.2) is 0 Å². The van der Waals surface area contributed by atoms with Crippen LogP contribution in [0.25, 0.3) is 0 Å². The summed E-state index contributed by atoms with van der Waals surface area (Å²) in [6.45, 7) is 0.283. The molecule has 1 amide bonds. The molecule has 0 bridgehead atoms. The summed E-state index contributed by atoms with van der Waals surface area (Å²) in [7, 11) is 3.08. The summed E-state index contributed by atoms with van der Waals surface area (Å²) >= 11 is 0.842. The predicted molar refractivity (Wildman–Crippen MR) is 81.7 cm³/mol. The van der Waals surface area contributed by atoms with Crippen molar-refractivity contribution in [3.63, 3.8) is 0 Å². The van der Waals surface area contributed by atoms with Crippen LogP contribution in [0.3, 0.4) is 0 Å². The van der Waals surface area contributed by atoms with E-state index in [9.17, 15) is 14.9 Å². The van der Waals surface area contributed by atoms with E-state index >= 15 is 0 Å². The van der Waals surface area contributed by atoms with Crippen molar-refractivity contribution in [1.82, 2.24) is 5.32 Å². The van der Waals surface area contributed by atoms with Gasteiger partial charge in [0.15, 0.2) is 11.5 Å². The number of hydrogen-bond donors (Lipinski definition) is 1. The fourth-order valence-corrected chi connectivity index (χ4v) is 2.54. The number of carbonyl (C=O) groups is 1. The van der Waals surface area contributed by atoms with Crippen LogP contribution in [-0.2, 0) is 6.54 Å². The average molecular weight is 322 g/mol. The van der Waals surface area contributed by atoms with Gasteiger partial charge in [-0.1, -0.05) is 17.4 Å². The smallest absolute Gasteiger partial charge is 0.324 e. The summed E-state index contributed by atoms with van der Waals surface area (Å²) in [5.41, 5.74) is 0.831. The summed E-state index contributed by atoms with van der Waals surface area (Å²) in [5.74, 6) is 0.820. The number of amides is 1. The minimum absolute atomic E-state index is 0.0590. The van der Waals surface area contributed by atoms with Crippen molar-refractivity contribution in [3.8, 4) is 11.5 Å². The zero-order valence-electron chi connectivity index (χ0n) is 12.0. The van der Waals surface area contributed by atoms with Gasteiger partial charge < -0.3 is 14.8 Å². The van der Waals surface area contributed by atoms with Gasteiger partial charge in [-0.2, -0.15) is 0 Å². The third kappa shape index (κ3) is 3.53. The molecule has 1 N–H and O–H groups in total. The molecule has 0 unspecified atom stereocenters. The number of carbonyl (C=O) groups excluding carboxylic acids is 1. The Labute approximate surface area is 130 Å². The minimum Gasteiger partial charge on any atom is -0.493 e. The van der Waals surface area contributed by atoms with Gasteiger partial charge in [0, 0.05) is 12.6 Å². The zero-order chi connectivity index (χ0) is 16.1. The minimum atomic E-state index is -0.518. The molecule has 0 saturated carbocycles. The molecule has 1 aromatic carbocycles. The number of ether oxygens (including phenoxy) is 2. The summed E-state index contributed by atoms with van der Waals surface area (Å²) < 4.78 is 10.3. The van der Waals surface area contributed by atoms with E-state index in [1.54, 1.807) is 25.3 Å². The number of nitrogens with one attached hydrogen (secondary N) is 1. The van der Waals surface area contributed by atoms with Crippen LogP contribution < -0.4 is 14.8 Å². The first kappa shape index (κ1) is 15.8. The Morgan fingerprint density at radius 2 is 1.95 bits per heavy atom. The second-order valence-electron chi connectivity index (χ2n) is 4.27. The maximum absolute atomic E-state index is 12.0. The van der Waals surface area contributed by atoms with Gasteiger partial charge in [-0.05, 0) is 23.8 Å². The summed E-state index contributed by atoms with van der Waals surface area (Å²) in [4.78, 5) is 22.3. The Bertz CT molecular complexity index is 698. The van der Waals surface area contributed by atoms with E-state index in [0.717, 1.165) is 16.9 Å². The van der Waals surface area contributed by atoms with Gasteiger partial charge in [-0.15, -0.1) is 0 Å². The molecule has 7 nitrogen and oxygen atoms in total. The monoisotopic (exact) mass is 322 g/mol. The van der Waals surface area contributed by atoms with Crippen LogP contribution in [0.15, 0.2) is 30.3 Å². The standard InChI is InChI=1S/C14H14N2O5S/c1-20-10-4-3-9(7-11(10)21-2)8-15-14(17)12-5-6-13(22-12)16(18)19/h3-7H,8H2,1-2H3,(H,15,17). The molecule has 0 saturated heterocycles. The first-order valence-electron chi connectivity index (χ1n) is 6.28. The van der Waals surface area contributed by atoms with Crippen LogP contribution in [0.4, 0.5) is 5.00 Å². The summed E-state index contributed by atoms with van der Waals surface area (Å²) in [5, 5.41) is 13.3. The SMILES string of the molecule is COc1ccc(CNC(=O)c2ccc([N+](=O)[O-])s2)cc1OC. The average Bonchev–Trinajstić information content (AvgIpc) is 3.02. The lowest BCUT2D eigenvalue weighted by Crippen LogP contribution is -2.21. The second kappa shape index (κ2) is 6.90. The highest BCUT2D eigenvalue weighted by molar-refractivity contribution is 7.17. The molecule has 1 aromatic heterocycles. The fraction of sp³-hybridized carbons (Fsp3) is 0.214. The number of nitrogens with zero attached hydrogens (tertiary/aromatic N) is 1. The lowest BCUT2D eigenvalue weighted by molar-refractivity contribution is -0.380. The van der Waals surface area contributed by atoms with Crippen molar-refractivity contribution < 1.29 is 19.2 Å². The van der Waals surface area contributed by atoms with Crippen molar-refractivity contribution in [2.45, 2.75) is 6.54 Å². The summed E-state index contributed by atoms with van der Waals surface area (Å²) in [6.07, 6.45) is 0. The number of rotatable bonds is 6. The highest BCUT2D eigenvalue weighted by atomic mass is 32.1. The first-order chi connectivity index (χ1) is 10.5. The molecule has 0 spiro atoms. The van der Waals surface area contributed by atoms with Crippen molar-refractivity contribution in [3.05, 3.63) is 50.9 Å². The molecule has 0 aliphatic heterocycles. The Morgan fingerprint density at radius 3 is 2.55 bits per heavy atom. The van der Waals surface area contributed by atoms with Crippen molar-refractivity contribution >= 4 is 22.2 Å². The predicted octanol–water partition coefficient (Wildman–Crippen LogP) is 2.60. The highest BCUT2D eigenvalue weighted by Gasteiger charge is 2.15. The van der Waals surface area contributed by atoms with E-state index in [1.807, 2.05) is 0 Å². The number of benzene rings is 1. The quantitative estimate of drug-likeness (QED) is 0.652. The number of hydrogen-bond acceptors (Lipinski definition) is 6. The van der Waals surface area contributed by atoms with Crippen LogP contribution in [0.5, 0.6) is 11.5 Å². The third-order valence-electron chi connectivity index (χ3n) is 2.90. The molecule has 1 heterocycles. The van der Waals surface area contributed by atoms with Gasteiger partial charge in [0.05, 0.1) is 24.0 Å². The molecule has 22 heavy (non-hydrogen) atoms. The van der Waals surface area contributed by atoms with E-state index in [4.69, 9.17) is 9.47 Å². The van der Waals surface area contributed by atoms with Gasteiger partial charge in [0.1, 0.15) is 0 Å². The molecule has 0 aliphatic rings. The van der Waals surface area contributed by atoms with Gasteiger partial charge in [-0.3, -0.25) is 14.9 Å². The van der Waals surface area contributed by atoms with Crippen LogP contribution in [0.2, 0.25) is 0 Å². The van der Waals surface area contributed by atoms with E-state index in [1.165, 1.54) is 19.2 Å². The third-order valence-corrected chi connectivity index (χ3v) is 3.93. The molecule has 0 fully saturated rings. The van der Waals surface area contributed by atoms with E-state index in [2.05, 4.69) is 5.32 Å². The van der Waals surface area contributed by atoms with Crippen molar-refractivity contribution in [1.29, 1.82) is 0 Å². The van der Waals surface area contributed by atoms with Crippen molar-refractivity contribution in [2.75, 3.05) is 14.2 Å². The molecular formula is C14H14N2O5S. The van der Waals surface area contributed by atoms with Crippen molar-refractivity contribution in [2.24, 2.45) is 0 Å². The topological polar surface area (TPSA) is 90.7 Å². The van der Waals surface area contributed by atoms with Gasteiger partial charge in [0.25, 0.3) is 5.91 Å². The maximum Gasteiger partial charge on any atom is 0.324 e. The molecule has 2 rings (SSSR count). The molecule has 8 heteroatoms. The lowest BCUT2D eigenvalue weighted by atomic mass is 10.2. The first-order valence-corrected chi connectivity index (χ1v) is 7.10. The Hall–Kier alpha value is -2.61. The molecule has 0 atom stereocenters. The number of thiophene rings is 1. The number of nitro groups is 1. The maximum atomic E-state index is 12.0. The normalized spacial score (nSPS) is 10.1. The van der Waals surface area contributed by atoms with Crippen LogP contribution in [0, 0.1) is 10.1 Å².